The predicted molar refractivity (Wildman–Crippen MR) is 174 cm³/mol. The molecule has 4 aliphatic rings. The Morgan fingerprint density at radius 1 is 0.610 bits per heavy atom. The number of hydrogen-bond donors (Lipinski definition) is 0. The zero-order valence-corrected chi connectivity index (χ0v) is 26.2. The smallest absolute Gasteiger partial charge is 0.399 e. The van der Waals surface area contributed by atoms with Crippen molar-refractivity contribution in [3.05, 3.63) is 112 Å². The fourth-order valence-corrected chi connectivity index (χ4v) is 8.16. The Morgan fingerprint density at radius 2 is 1.22 bits per heavy atom. The van der Waals surface area contributed by atoms with E-state index in [1.807, 2.05) is 0 Å². The van der Waals surface area contributed by atoms with Gasteiger partial charge in [0.1, 0.15) is 0 Å². The quantitative estimate of drug-likeness (QED) is 0.178. The van der Waals surface area contributed by atoms with E-state index < -0.39 is 0 Å². The number of fused-ring (bicyclic) bond motifs is 8. The van der Waals surface area contributed by atoms with Crippen LogP contribution in [0.15, 0.2) is 89.4 Å². The third-order valence-corrected chi connectivity index (χ3v) is 11.0. The van der Waals surface area contributed by atoms with E-state index in [1.54, 1.807) is 0 Å². The van der Waals surface area contributed by atoms with Crippen molar-refractivity contribution in [3.63, 3.8) is 0 Å². The maximum absolute atomic E-state index is 6.44. The molecule has 0 amide bonds. The Bertz CT molecular complexity index is 1620. The normalized spacial score (nSPS) is 20.1. The minimum atomic E-state index is -0.318. The van der Waals surface area contributed by atoms with Crippen LogP contribution in [0.1, 0.15) is 82.1 Å². The molecule has 41 heavy (non-hydrogen) atoms. The van der Waals surface area contributed by atoms with Crippen molar-refractivity contribution >= 4 is 28.5 Å². The van der Waals surface area contributed by atoms with Gasteiger partial charge in [-0.15, -0.1) is 0 Å². The fourth-order valence-electron chi connectivity index (χ4n) is 7.53. The van der Waals surface area contributed by atoms with E-state index in [9.17, 15) is 0 Å². The molecule has 0 aromatic heterocycles. The summed E-state index contributed by atoms with van der Waals surface area (Å²) >= 11 is 3.62. The van der Waals surface area contributed by atoms with E-state index in [2.05, 4.69) is 129 Å². The summed E-state index contributed by atoms with van der Waals surface area (Å²) in [4.78, 5) is 0. The lowest BCUT2D eigenvalue weighted by molar-refractivity contribution is 0.00578. The predicted octanol–water partition coefficient (Wildman–Crippen LogP) is 9.24. The van der Waals surface area contributed by atoms with Crippen LogP contribution in [0.5, 0.6) is 0 Å². The van der Waals surface area contributed by atoms with E-state index in [0.717, 1.165) is 6.42 Å². The minimum Gasteiger partial charge on any atom is -0.399 e. The highest BCUT2D eigenvalue weighted by Gasteiger charge is 2.54. The lowest BCUT2D eigenvalue weighted by Crippen LogP contribution is -2.41. The van der Waals surface area contributed by atoms with Gasteiger partial charge in [0.2, 0.25) is 0 Å². The molecule has 3 aliphatic carbocycles. The van der Waals surface area contributed by atoms with E-state index >= 15 is 0 Å². The van der Waals surface area contributed by atoms with Crippen molar-refractivity contribution in [2.45, 2.75) is 82.8 Å². The molecule has 0 radical (unpaired) electrons. The number of benzene rings is 4. The third kappa shape index (κ3) is 4.28. The lowest BCUT2D eigenvalue weighted by atomic mass is 9.66. The van der Waals surface area contributed by atoms with Gasteiger partial charge in [0, 0.05) is 9.89 Å². The molecule has 0 bridgehead atoms. The molecule has 8 rings (SSSR count). The van der Waals surface area contributed by atoms with E-state index in [0.29, 0.717) is 0 Å². The van der Waals surface area contributed by atoms with Crippen molar-refractivity contribution in [1.29, 1.82) is 0 Å². The Balaban J connectivity index is 0.000000165. The lowest BCUT2D eigenvalue weighted by Gasteiger charge is -2.36. The number of hydrogen-bond acceptors (Lipinski definition) is 2. The van der Waals surface area contributed by atoms with Gasteiger partial charge < -0.3 is 9.31 Å². The van der Waals surface area contributed by atoms with Gasteiger partial charge in [-0.3, -0.25) is 0 Å². The van der Waals surface area contributed by atoms with E-state index in [4.69, 9.17) is 9.31 Å². The summed E-state index contributed by atoms with van der Waals surface area (Å²) in [7, 11) is -0.309. The molecule has 4 aromatic carbocycles. The average Bonchev–Trinajstić information content (AvgIpc) is 3.56. The maximum Gasteiger partial charge on any atom is 0.495 e. The van der Waals surface area contributed by atoms with Crippen LogP contribution in [0.3, 0.4) is 0 Å². The molecular formula is C37H38BBrO2. The first kappa shape index (κ1) is 27.2. The molecule has 4 aromatic rings. The molecule has 0 unspecified atom stereocenters. The molecule has 1 spiro atoms. The Hall–Kier alpha value is -2.66. The molecule has 208 valence electrons. The topological polar surface area (TPSA) is 18.5 Å². The third-order valence-electron chi connectivity index (χ3n) is 10.3. The SMILES string of the molecule is Brc1cccc2c1-c1ccccc1C2.CC1(C)OB(c2cccc3c2-c2ccccc2C32CCCCC2)OC1(C)C. The average molecular weight is 605 g/mol. The summed E-state index contributed by atoms with van der Waals surface area (Å²) in [5, 5.41) is 0. The van der Waals surface area contributed by atoms with E-state index in [-0.39, 0.29) is 23.7 Å². The van der Waals surface area contributed by atoms with Crippen LogP contribution in [-0.4, -0.2) is 18.3 Å². The second kappa shape index (κ2) is 9.97. The molecule has 1 aliphatic heterocycles. The van der Waals surface area contributed by atoms with Gasteiger partial charge in [-0.2, -0.15) is 0 Å². The van der Waals surface area contributed by atoms with Crippen LogP contribution in [0.25, 0.3) is 22.3 Å². The molecule has 2 nitrogen and oxygen atoms in total. The minimum absolute atomic E-state index is 0.184. The van der Waals surface area contributed by atoms with Crippen LogP contribution in [0.4, 0.5) is 0 Å². The van der Waals surface area contributed by atoms with Gasteiger partial charge in [-0.05, 0) is 103 Å². The monoisotopic (exact) mass is 604 g/mol. The van der Waals surface area contributed by atoms with Crippen molar-refractivity contribution in [2.24, 2.45) is 0 Å². The first-order valence-corrected chi connectivity index (χ1v) is 16.0. The highest BCUT2D eigenvalue weighted by atomic mass is 79.9. The number of halogens is 1. The molecule has 1 saturated heterocycles. The van der Waals surface area contributed by atoms with Crippen LogP contribution in [0.2, 0.25) is 0 Å². The first-order valence-electron chi connectivity index (χ1n) is 15.2. The summed E-state index contributed by atoms with van der Waals surface area (Å²) in [6.45, 7) is 8.53. The van der Waals surface area contributed by atoms with Gasteiger partial charge in [0.15, 0.2) is 0 Å². The maximum atomic E-state index is 6.44. The molecule has 4 heteroatoms. The summed E-state index contributed by atoms with van der Waals surface area (Å²) < 4.78 is 14.1. The van der Waals surface area contributed by atoms with E-state index in [1.165, 1.54) is 86.5 Å². The molecule has 1 saturated carbocycles. The summed E-state index contributed by atoms with van der Waals surface area (Å²) in [6, 6.07) is 30.9. The van der Waals surface area contributed by atoms with Gasteiger partial charge in [-0.25, -0.2) is 0 Å². The van der Waals surface area contributed by atoms with Crippen molar-refractivity contribution < 1.29 is 9.31 Å². The highest BCUT2D eigenvalue weighted by molar-refractivity contribution is 9.10. The second-order valence-electron chi connectivity index (χ2n) is 13.2. The van der Waals surface area contributed by atoms with Crippen LogP contribution in [-0.2, 0) is 21.1 Å². The van der Waals surface area contributed by atoms with Crippen LogP contribution < -0.4 is 5.46 Å². The summed E-state index contributed by atoms with van der Waals surface area (Å²) in [5.41, 5.74) is 12.1. The van der Waals surface area contributed by atoms with Crippen LogP contribution >= 0.6 is 15.9 Å². The Morgan fingerprint density at radius 3 is 1.98 bits per heavy atom. The second-order valence-corrected chi connectivity index (χ2v) is 14.0. The highest BCUT2D eigenvalue weighted by Crippen LogP contribution is 2.55. The fraction of sp³-hybridized carbons (Fsp3) is 0.351. The van der Waals surface area contributed by atoms with Crippen molar-refractivity contribution in [2.75, 3.05) is 0 Å². The van der Waals surface area contributed by atoms with Gasteiger partial charge >= 0.3 is 7.12 Å². The zero-order chi connectivity index (χ0) is 28.4. The first-order chi connectivity index (χ1) is 19.7. The van der Waals surface area contributed by atoms with Crippen molar-refractivity contribution in [3.8, 4) is 22.3 Å². The molecule has 0 atom stereocenters. The van der Waals surface area contributed by atoms with Crippen LogP contribution in [0, 0.1) is 0 Å². The summed E-state index contributed by atoms with van der Waals surface area (Å²) in [6.07, 6.45) is 7.57. The largest absolute Gasteiger partial charge is 0.495 e. The Kier molecular flexibility index (Phi) is 6.61. The zero-order valence-electron chi connectivity index (χ0n) is 24.6. The number of rotatable bonds is 1. The molecule has 2 fully saturated rings. The molecule has 0 N–H and O–H groups in total. The van der Waals surface area contributed by atoms with Crippen molar-refractivity contribution in [1.82, 2.24) is 0 Å². The van der Waals surface area contributed by atoms with Gasteiger partial charge in [0.05, 0.1) is 11.2 Å². The standard InChI is InChI=1S/C24H29BO2.C13H9Br/c1-22(2)23(3,4)27-25(26-22)20-14-10-13-19-21(20)17-11-6-7-12-18(17)24(19)15-8-5-9-16-24;14-12-7-3-5-10-8-9-4-1-2-6-11(9)13(10)12/h6-7,10-14H,5,8-9,15-16H2,1-4H3;1-7H,8H2. The van der Waals surface area contributed by atoms with Gasteiger partial charge in [0.25, 0.3) is 0 Å². The Labute approximate surface area is 253 Å². The van der Waals surface area contributed by atoms with Gasteiger partial charge in [-0.1, -0.05) is 114 Å². The molecular weight excluding hydrogens is 567 g/mol. The molecule has 1 heterocycles. The summed E-state index contributed by atoms with van der Waals surface area (Å²) in [5.74, 6) is 0.